The molecule has 1 aliphatic carbocycles. The van der Waals surface area contributed by atoms with Gasteiger partial charge >= 0.3 is 0 Å². The van der Waals surface area contributed by atoms with Crippen molar-refractivity contribution >= 4 is 22.9 Å². The molecule has 0 radical (unpaired) electrons. The van der Waals surface area contributed by atoms with Gasteiger partial charge in [0.2, 0.25) is 0 Å². The molecule has 1 nitrogen and oxygen atoms in total. The zero-order valence-corrected chi connectivity index (χ0v) is 11.4. The van der Waals surface area contributed by atoms with Crippen molar-refractivity contribution in [1.82, 2.24) is 0 Å². The Morgan fingerprint density at radius 3 is 2.50 bits per heavy atom. The summed E-state index contributed by atoms with van der Waals surface area (Å²) in [6.07, 6.45) is 4.40. The first-order chi connectivity index (χ1) is 7.59. The van der Waals surface area contributed by atoms with Gasteiger partial charge in [0.15, 0.2) is 0 Å². The van der Waals surface area contributed by atoms with Crippen LogP contribution in [0.4, 0.5) is 0 Å². The van der Waals surface area contributed by atoms with E-state index in [4.69, 9.17) is 11.6 Å². The number of aliphatic hydroxyl groups excluding tert-OH is 1. The lowest BCUT2D eigenvalue weighted by Crippen LogP contribution is -2.18. The van der Waals surface area contributed by atoms with E-state index in [1.54, 1.807) is 11.3 Å². The summed E-state index contributed by atoms with van der Waals surface area (Å²) in [6, 6.07) is 0. The predicted molar refractivity (Wildman–Crippen MR) is 70.1 cm³/mol. The summed E-state index contributed by atoms with van der Waals surface area (Å²) >= 11 is 7.80. The van der Waals surface area contributed by atoms with Crippen LogP contribution in [0.15, 0.2) is 5.38 Å². The molecular weight excluding hydrogens is 240 g/mol. The Hall–Kier alpha value is -0.0500. The maximum absolute atomic E-state index is 10.4. The van der Waals surface area contributed by atoms with Gasteiger partial charge in [-0.1, -0.05) is 31.4 Å². The summed E-state index contributed by atoms with van der Waals surface area (Å²) in [5, 5.41) is 13.2. The molecule has 0 spiro atoms. The molecule has 1 N–H and O–H groups in total. The van der Waals surface area contributed by atoms with Crippen LogP contribution in [0, 0.1) is 18.8 Å². The third kappa shape index (κ3) is 2.44. The molecule has 2 rings (SSSR count). The Morgan fingerprint density at radius 2 is 2.00 bits per heavy atom. The van der Waals surface area contributed by atoms with Gasteiger partial charge in [-0.2, -0.15) is 0 Å². The van der Waals surface area contributed by atoms with Gasteiger partial charge in [-0.05, 0) is 42.5 Å². The summed E-state index contributed by atoms with van der Waals surface area (Å²) in [5.74, 6) is 1.23. The van der Waals surface area contributed by atoms with E-state index in [0.717, 1.165) is 34.2 Å². The summed E-state index contributed by atoms with van der Waals surface area (Å²) in [7, 11) is 0. The largest absolute Gasteiger partial charge is 0.387 e. The van der Waals surface area contributed by atoms with Crippen LogP contribution in [-0.2, 0) is 0 Å². The molecule has 1 heterocycles. The molecule has 1 atom stereocenters. The molecule has 0 aliphatic heterocycles. The van der Waals surface area contributed by atoms with Crippen LogP contribution in [0.1, 0.15) is 49.2 Å². The van der Waals surface area contributed by atoms with E-state index in [1.807, 2.05) is 12.3 Å². The fourth-order valence-electron chi connectivity index (χ4n) is 2.46. The fraction of sp³-hybridized carbons (Fsp3) is 0.692. The average molecular weight is 259 g/mol. The number of hydrogen-bond acceptors (Lipinski definition) is 2. The number of halogens is 1. The number of aryl methyl sites for hydroxylation is 1. The van der Waals surface area contributed by atoms with Crippen molar-refractivity contribution in [3.05, 3.63) is 20.8 Å². The monoisotopic (exact) mass is 258 g/mol. The standard InChI is InChI=1S/C13H19ClOS/c1-8-3-5-10(6-4-8)12(15)13-11(14)9(2)7-16-13/h7-8,10,12,15H,3-6H2,1-2H3. The molecule has 0 bridgehead atoms. The van der Waals surface area contributed by atoms with Crippen LogP contribution in [0.3, 0.4) is 0 Å². The third-order valence-corrected chi connectivity index (χ3v) is 5.49. The second-order valence-corrected chi connectivity index (χ2v) is 6.35. The minimum atomic E-state index is -0.348. The van der Waals surface area contributed by atoms with E-state index in [-0.39, 0.29) is 6.10 Å². The fourth-order valence-corrected chi connectivity index (χ4v) is 3.85. The van der Waals surface area contributed by atoms with Crippen LogP contribution >= 0.6 is 22.9 Å². The topological polar surface area (TPSA) is 20.2 Å². The number of rotatable bonds is 2. The zero-order valence-electron chi connectivity index (χ0n) is 9.87. The summed E-state index contributed by atoms with van der Waals surface area (Å²) in [6.45, 7) is 4.29. The minimum absolute atomic E-state index is 0.348. The van der Waals surface area contributed by atoms with Gasteiger partial charge in [-0.15, -0.1) is 11.3 Å². The Morgan fingerprint density at radius 1 is 1.38 bits per heavy atom. The lowest BCUT2D eigenvalue weighted by atomic mass is 9.80. The van der Waals surface area contributed by atoms with E-state index in [2.05, 4.69) is 6.92 Å². The van der Waals surface area contributed by atoms with Gasteiger partial charge < -0.3 is 5.11 Å². The van der Waals surface area contributed by atoms with Crippen molar-refractivity contribution in [2.45, 2.75) is 45.6 Å². The SMILES string of the molecule is Cc1csc(C(O)C2CCC(C)CC2)c1Cl. The normalized spacial score (nSPS) is 28.0. The van der Waals surface area contributed by atoms with E-state index >= 15 is 0 Å². The van der Waals surface area contributed by atoms with E-state index in [9.17, 15) is 5.11 Å². The average Bonchev–Trinajstić information content (AvgIpc) is 2.60. The molecule has 0 amide bonds. The highest BCUT2D eigenvalue weighted by Crippen LogP contribution is 2.41. The van der Waals surface area contributed by atoms with Crippen LogP contribution in [0.5, 0.6) is 0 Å². The molecule has 1 aromatic heterocycles. The first-order valence-electron chi connectivity index (χ1n) is 6.01. The van der Waals surface area contributed by atoms with Gasteiger partial charge in [0.1, 0.15) is 0 Å². The van der Waals surface area contributed by atoms with Gasteiger partial charge in [-0.3, -0.25) is 0 Å². The highest BCUT2D eigenvalue weighted by Gasteiger charge is 2.28. The Bertz CT molecular complexity index is 353. The molecular formula is C13H19ClOS. The van der Waals surface area contributed by atoms with E-state index in [0.29, 0.717) is 5.92 Å². The maximum Gasteiger partial charge on any atom is 0.0925 e. The van der Waals surface area contributed by atoms with Crippen molar-refractivity contribution in [2.24, 2.45) is 11.8 Å². The second-order valence-electron chi connectivity index (χ2n) is 5.06. The van der Waals surface area contributed by atoms with Gasteiger partial charge in [-0.25, -0.2) is 0 Å². The quantitative estimate of drug-likeness (QED) is 0.824. The van der Waals surface area contributed by atoms with Crippen molar-refractivity contribution in [3.8, 4) is 0 Å². The Labute approximate surface area is 106 Å². The smallest absolute Gasteiger partial charge is 0.0925 e. The summed E-state index contributed by atoms with van der Waals surface area (Å²) in [4.78, 5) is 0.971. The highest BCUT2D eigenvalue weighted by molar-refractivity contribution is 7.10. The molecule has 1 aliphatic rings. The Kier molecular flexibility index (Phi) is 3.93. The van der Waals surface area contributed by atoms with E-state index in [1.165, 1.54) is 12.8 Å². The van der Waals surface area contributed by atoms with E-state index < -0.39 is 0 Å². The first-order valence-corrected chi connectivity index (χ1v) is 7.27. The van der Waals surface area contributed by atoms with Gasteiger partial charge in [0, 0.05) is 0 Å². The molecule has 90 valence electrons. The molecule has 16 heavy (non-hydrogen) atoms. The van der Waals surface area contributed by atoms with Crippen molar-refractivity contribution in [3.63, 3.8) is 0 Å². The number of hydrogen-bond donors (Lipinski definition) is 1. The predicted octanol–water partition coefficient (Wildman–Crippen LogP) is 4.57. The molecule has 0 aromatic carbocycles. The second kappa shape index (κ2) is 5.07. The highest BCUT2D eigenvalue weighted by atomic mass is 35.5. The molecule has 1 unspecified atom stereocenters. The molecule has 1 saturated carbocycles. The lowest BCUT2D eigenvalue weighted by molar-refractivity contribution is 0.0785. The number of thiophene rings is 1. The van der Waals surface area contributed by atoms with Crippen LogP contribution in [-0.4, -0.2) is 5.11 Å². The van der Waals surface area contributed by atoms with Crippen LogP contribution in [0.2, 0.25) is 5.02 Å². The maximum atomic E-state index is 10.4. The molecule has 1 fully saturated rings. The van der Waals surface area contributed by atoms with Gasteiger partial charge in [0.05, 0.1) is 16.0 Å². The molecule has 1 aromatic rings. The van der Waals surface area contributed by atoms with Crippen LogP contribution in [0.25, 0.3) is 0 Å². The lowest BCUT2D eigenvalue weighted by Gasteiger charge is -2.29. The van der Waals surface area contributed by atoms with Gasteiger partial charge in [0.25, 0.3) is 0 Å². The Balaban J connectivity index is 2.07. The third-order valence-electron chi connectivity index (χ3n) is 3.70. The van der Waals surface area contributed by atoms with Crippen molar-refractivity contribution in [2.75, 3.05) is 0 Å². The minimum Gasteiger partial charge on any atom is -0.387 e. The zero-order chi connectivity index (χ0) is 11.7. The first kappa shape index (κ1) is 12.4. The summed E-state index contributed by atoms with van der Waals surface area (Å²) in [5.41, 5.74) is 1.09. The van der Waals surface area contributed by atoms with Crippen LogP contribution < -0.4 is 0 Å². The van der Waals surface area contributed by atoms with Crippen molar-refractivity contribution < 1.29 is 5.11 Å². The molecule has 0 saturated heterocycles. The summed E-state index contributed by atoms with van der Waals surface area (Å²) < 4.78 is 0. The molecule has 3 heteroatoms. The number of aliphatic hydroxyl groups is 1. The van der Waals surface area contributed by atoms with Crippen molar-refractivity contribution in [1.29, 1.82) is 0 Å².